The second kappa shape index (κ2) is 7.94. The highest BCUT2D eigenvalue weighted by Crippen LogP contribution is 2.39. The predicted molar refractivity (Wildman–Crippen MR) is 111 cm³/mol. The van der Waals surface area contributed by atoms with Gasteiger partial charge >= 0.3 is 5.97 Å². The van der Waals surface area contributed by atoms with Gasteiger partial charge in [-0.3, -0.25) is 14.5 Å². The van der Waals surface area contributed by atoms with Gasteiger partial charge in [0.2, 0.25) is 0 Å². The van der Waals surface area contributed by atoms with Crippen molar-refractivity contribution in [3.05, 3.63) is 64.6 Å². The molecule has 0 unspecified atom stereocenters. The number of thioether (sulfide) groups is 1. The molecule has 0 aromatic heterocycles. The lowest BCUT2D eigenvalue weighted by Gasteiger charge is -2.15. The van der Waals surface area contributed by atoms with Crippen LogP contribution in [0.5, 0.6) is 5.75 Å². The maximum atomic E-state index is 13.0. The van der Waals surface area contributed by atoms with Crippen molar-refractivity contribution in [3.8, 4) is 5.75 Å². The summed E-state index contributed by atoms with van der Waals surface area (Å²) in [5.74, 6) is -0.323. The minimum Gasteiger partial charge on any atom is -0.497 e. The number of hydrogen-bond acceptors (Lipinski definition) is 5. The Morgan fingerprint density at radius 1 is 1.15 bits per heavy atom. The summed E-state index contributed by atoms with van der Waals surface area (Å²) in [5, 5.41) is 8.87. The van der Waals surface area contributed by atoms with Gasteiger partial charge in [0.25, 0.3) is 5.91 Å². The summed E-state index contributed by atoms with van der Waals surface area (Å²) in [5.41, 5.74) is 3.07. The van der Waals surface area contributed by atoms with Crippen LogP contribution in [-0.2, 0) is 16.0 Å². The van der Waals surface area contributed by atoms with Crippen LogP contribution >= 0.6 is 24.0 Å². The number of carbonyl (C=O) groups is 2. The molecule has 2 aromatic carbocycles. The van der Waals surface area contributed by atoms with Gasteiger partial charge in [-0.25, -0.2) is 0 Å². The number of carboxylic acid groups (broad SMARTS) is 1. The molecule has 5 nitrogen and oxygen atoms in total. The number of nitrogens with zero attached hydrogens (tertiary/aromatic N) is 1. The summed E-state index contributed by atoms with van der Waals surface area (Å²) in [4.78, 5) is 25.8. The summed E-state index contributed by atoms with van der Waals surface area (Å²) < 4.78 is 5.62. The number of benzene rings is 2. The van der Waals surface area contributed by atoms with E-state index in [0.29, 0.717) is 20.5 Å². The van der Waals surface area contributed by atoms with E-state index >= 15 is 0 Å². The van der Waals surface area contributed by atoms with Gasteiger partial charge < -0.3 is 9.84 Å². The molecular formula is C20H17NO4S2. The number of thiocarbonyl (C=S) groups is 1. The van der Waals surface area contributed by atoms with E-state index in [2.05, 4.69) is 0 Å². The summed E-state index contributed by atoms with van der Waals surface area (Å²) >= 11 is 6.67. The number of methoxy groups -OCH3 is 1. The molecule has 0 saturated carbocycles. The van der Waals surface area contributed by atoms with E-state index in [1.807, 2.05) is 31.2 Å². The minimum absolute atomic E-state index is 0.0604. The van der Waals surface area contributed by atoms with Crippen LogP contribution in [-0.4, -0.2) is 28.4 Å². The summed E-state index contributed by atoms with van der Waals surface area (Å²) in [6, 6.07) is 14.3. The van der Waals surface area contributed by atoms with Crippen molar-refractivity contribution in [2.75, 3.05) is 12.0 Å². The normalized spacial score (nSPS) is 15.9. The molecule has 1 fully saturated rings. The van der Waals surface area contributed by atoms with E-state index in [0.717, 1.165) is 16.9 Å². The fourth-order valence-electron chi connectivity index (χ4n) is 2.73. The monoisotopic (exact) mass is 399 g/mol. The Morgan fingerprint density at radius 3 is 2.33 bits per heavy atom. The first kappa shape index (κ1) is 19.1. The van der Waals surface area contributed by atoms with Gasteiger partial charge in [-0.05, 0) is 47.9 Å². The van der Waals surface area contributed by atoms with Crippen LogP contribution in [0.3, 0.4) is 0 Å². The van der Waals surface area contributed by atoms with Crippen molar-refractivity contribution < 1.29 is 19.4 Å². The fraction of sp³-hybridized carbons (Fsp3) is 0.150. The van der Waals surface area contributed by atoms with E-state index in [1.54, 1.807) is 31.4 Å². The quantitative estimate of drug-likeness (QED) is 0.603. The maximum absolute atomic E-state index is 13.0. The molecule has 0 atom stereocenters. The lowest BCUT2D eigenvalue weighted by atomic mass is 10.1. The Labute approximate surface area is 166 Å². The van der Waals surface area contributed by atoms with Gasteiger partial charge in [0.05, 0.1) is 24.1 Å². The molecule has 138 valence electrons. The van der Waals surface area contributed by atoms with E-state index in [4.69, 9.17) is 22.1 Å². The largest absolute Gasteiger partial charge is 0.497 e. The topological polar surface area (TPSA) is 66.8 Å². The Kier molecular flexibility index (Phi) is 5.62. The standard InChI is InChI=1S/C20H17NO4S2/c1-12(14-5-9-16(25-2)10-6-14)18-19(24)21(20(26)27-18)15-7-3-13(4-8-15)11-17(22)23/h3-10H,11H2,1-2H3,(H,22,23)/b18-12-. The third-order valence-electron chi connectivity index (χ3n) is 4.18. The molecule has 0 bridgehead atoms. The van der Waals surface area contributed by atoms with Crippen LogP contribution in [0.15, 0.2) is 53.4 Å². The number of anilines is 1. The molecule has 1 aliphatic heterocycles. The van der Waals surface area contributed by atoms with Gasteiger partial charge in [0.15, 0.2) is 4.32 Å². The number of amides is 1. The first-order chi connectivity index (χ1) is 12.9. The first-order valence-electron chi connectivity index (χ1n) is 8.13. The smallest absolute Gasteiger partial charge is 0.307 e. The number of carbonyl (C=O) groups excluding carboxylic acids is 1. The lowest BCUT2D eigenvalue weighted by Crippen LogP contribution is -2.27. The molecular weight excluding hydrogens is 382 g/mol. The summed E-state index contributed by atoms with van der Waals surface area (Å²) in [7, 11) is 1.61. The van der Waals surface area contributed by atoms with E-state index < -0.39 is 5.97 Å². The van der Waals surface area contributed by atoms with E-state index in [9.17, 15) is 9.59 Å². The van der Waals surface area contributed by atoms with Crippen LogP contribution in [0.25, 0.3) is 5.57 Å². The Balaban J connectivity index is 1.88. The van der Waals surface area contributed by atoms with Gasteiger partial charge in [0.1, 0.15) is 5.75 Å². The lowest BCUT2D eigenvalue weighted by molar-refractivity contribution is -0.136. The summed E-state index contributed by atoms with van der Waals surface area (Å²) in [6.45, 7) is 1.89. The predicted octanol–water partition coefficient (Wildman–Crippen LogP) is 4.12. The molecule has 1 N–H and O–H groups in total. The molecule has 1 aliphatic rings. The minimum atomic E-state index is -0.897. The van der Waals surface area contributed by atoms with Gasteiger partial charge in [-0.2, -0.15) is 0 Å². The molecule has 7 heteroatoms. The number of allylic oxidation sites excluding steroid dienone is 1. The second-order valence-electron chi connectivity index (χ2n) is 5.93. The van der Waals surface area contributed by atoms with Crippen molar-refractivity contribution in [3.63, 3.8) is 0 Å². The number of aliphatic carboxylic acids is 1. The van der Waals surface area contributed by atoms with E-state index in [-0.39, 0.29) is 12.3 Å². The van der Waals surface area contributed by atoms with Gasteiger partial charge in [-0.1, -0.05) is 48.2 Å². The Bertz CT molecular complexity index is 933. The highest BCUT2D eigenvalue weighted by molar-refractivity contribution is 8.27. The second-order valence-corrected chi connectivity index (χ2v) is 7.57. The zero-order chi connectivity index (χ0) is 19.6. The number of hydrogen-bond donors (Lipinski definition) is 1. The third kappa shape index (κ3) is 4.04. The molecule has 1 amide bonds. The number of rotatable bonds is 5. The molecule has 3 rings (SSSR count). The Hall–Kier alpha value is -2.64. The maximum Gasteiger partial charge on any atom is 0.307 e. The van der Waals surface area contributed by atoms with Crippen LogP contribution in [0, 0.1) is 0 Å². The molecule has 27 heavy (non-hydrogen) atoms. The SMILES string of the molecule is COc1ccc(/C(C)=C2\SC(=S)N(c3ccc(CC(=O)O)cc3)C2=O)cc1. The zero-order valence-electron chi connectivity index (χ0n) is 14.8. The van der Waals surface area contributed by atoms with E-state index in [1.165, 1.54) is 16.7 Å². The van der Waals surface area contributed by atoms with Gasteiger partial charge in [-0.15, -0.1) is 0 Å². The Morgan fingerprint density at radius 2 is 1.78 bits per heavy atom. The molecule has 0 spiro atoms. The average molecular weight is 399 g/mol. The highest BCUT2D eigenvalue weighted by Gasteiger charge is 2.34. The van der Waals surface area contributed by atoms with Crippen LogP contribution in [0.1, 0.15) is 18.1 Å². The molecule has 1 saturated heterocycles. The number of ether oxygens (including phenoxy) is 1. The third-order valence-corrected chi connectivity index (χ3v) is 5.66. The fourth-order valence-corrected chi connectivity index (χ4v) is 4.07. The van der Waals surface area contributed by atoms with Crippen molar-refractivity contribution in [2.45, 2.75) is 13.3 Å². The van der Waals surface area contributed by atoms with Crippen molar-refractivity contribution >= 4 is 51.4 Å². The highest BCUT2D eigenvalue weighted by atomic mass is 32.2. The molecule has 0 radical (unpaired) electrons. The van der Waals surface area contributed by atoms with Crippen molar-refractivity contribution in [1.82, 2.24) is 0 Å². The van der Waals surface area contributed by atoms with Crippen LogP contribution in [0.2, 0.25) is 0 Å². The molecule has 2 aromatic rings. The van der Waals surface area contributed by atoms with Crippen LogP contribution in [0.4, 0.5) is 5.69 Å². The van der Waals surface area contributed by atoms with Crippen molar-refractivity contribution in [2.24, 2.45) is 0 Å². The average Bonchev–Trinajstić information content (AvgIpc) is 2.96. The summed E-state index contributed by atoms with van der Waals surface area (Å²) in [6.07, 6.45) is -0.0604. The molecule has 1 heterocycles. The van der Waals surface area contributed by atoms with Gasteiger partial charge in [0, 0.05) is 0 Å². The number of carboxylic acids is 1. The first-order valence-corrected chi connectivity index (χ1v) is 9.35. The van der Waals surface area contributed by atoms with Crippen LogP contribution < -0.4 is 9.64 Å². The zero-order valence-corrected chi connectivity index (χ0v) is 16.4. The van der Waals surface area contributed by atoms with Crippen molar-refractivity contribution in [1.29, 1.82) is 0 Å². The molecule has 0 aliphatic carbocycles.